The maximum Gasteiger partial charge on any atom is 0.138 e. The fraction of sp³-hybridized carbons (Fsp3) is 0.261. The van der Waals surface area contributed by atoms with Gasteiger partial charge in [-0.3, -0.25) is 14.5 Å². The highest BCUT2D eigenvalue weighted by atomic mass is 79.9. The smallest absolute Gasteiger partial charge is 0.138 e. The van der Waals surface area contributed by atoms with Crippen LogP contribution in [0.25, 0.3) is 5.69 Å². The van der Waals surface area contributed by atoms with Gasteiger partial charge in [0.2, 0.25) is 0 Å². The third-order valence-electron chi connectivity index (χ3n) is 5.07. The molecule has 0 N–H and O–H groups in total. The van der Waals surface area contributed by atoms with Crippen molar-refractivity contribution in [3.63, 3.8) is 0 Å². The van der Waals surface area contributed by atoms with Gasteiger partial charge in [-0.15, -0.1) is 6.58 Å². The van der Waals surface area contributed by atoms with E-state index in [1.807, 2.05) is 30.6 Å². The standard InChI is InChI=1S/C23H23BrN4/c1-14(2)11-15(3)21-23-26-13-16(4)28(23)20-9-8-17(24)12-18(20)22(27-21)19-7-5-6-10-25-19/h5-10,12-13,15,21H,1,11H2,2-4H3/t15?,21-/m0/s1. The molecule has 0 fully saturated rings. The zero-order valence-electron chi connectivity index (χ0n) is 16.4. The summed E-state index contributed by atoms with van der Waals surface area (Å²) in [7, 11) is 0. The number of hydrogen-bond donors (Lipinski definition) is 0. The Hall–Kier alpha value is -2.53. The van der Waals surface area contributed by atoms with Crippen LogP contribution in [0.4, 0.5) is 0 Å². The van der Waals surface area contributed by atoms with Crippen molar-refractivity contribution in [2.24, 2.45) is 10.9 Å². The van der Waals surface area contributed by atoms with Crippen LogP contribution in [0, 0.1) is 12.8 Å². The Morgan fingerprint density at radius 3 is 2.79 bits per heavy atom. The number of rotatable bonds is 4. The summed E-state index contributed by atoms with van der Waals surface area (Å²) >= 11 is 3.63. The minimum Gasteiger partial charge on any atom is -0.299 e. The monoisotopic (exact) mass is 434 g/mol. The lowest BCUT2D eigenvalue weighted by atomic mass is 9.94. The molecule has 28 heavy (non-hydrogen) atoms. The lowest BCUT2D eigenvalue weighted by molar-refractivity contribution is 0.448. The molecule has 4 rings (SSSR count). The molecule has 1 aliphatic rings. The third-order valence-corrected chi connectivity index (χ3v) is 5.56. The van der Waals surface area contributed by atoms with Crippen LogP contribution in [0.2, 0.25) is 0 Å². The number of allylic oxidation sites excluding steroid dienone is 1. The molecule has 0 aliphatic carbocycles. The molecule has 0 amide bonds. The van der Waals surface area contributed by atoms with E-state index in [1.54, 1.807) is 0 Å². The lowest BCUT2D eigenvalue weighted by Gasteiger charge is -2.20. The summed E-state index contributed by atoms with van der Waals surface area (Å²) in [6, 6.07) is 12.2. The number of aromatic nitrogens is 3. The van der Waals surface area contributed by atoms with Crippen LogP contribution in [0.15, 0.2) is 70.4 Å². The summed E-state index contributed by atoms with van der Waals surface area (Å²) in [5.74, 6) is 1.25. The van der Waals surface area contributed by atoms with Crippen molar-refractivity contribution in [2.75, 3.05) is 0 Å². The molecular weight excluding hydrogens is 412 g/mol. The molecule has 1 aromatic carbocycles. The molecule has 5 heteroatoms. The number of pyridine rings is 1. The quantitative estimate of drug-likeness (QED) is 0.484. The van der Waals surface area contributed by atoms with Gasteiger partial charge in [0.05, 0.1) is 17.1 Å². The normalized spacial score (nSPS) is 16.6. The number of hydrogen-bond acceptors (Lipinski definition) is 3. The van der Waals surface area contributed by atoms with Crippen LogP contribution >= 0.6 is 15.9 Å². The van der Waals surface area contributed by atoms with Gasteiger partial charge in [-0.25, -0.2) is 4.98 Å². The lowest BCUT2D eigenvalue weighted by Crippen LogP contribution is -2.14. The first kappa shape index (κ1) is 18.8. The molecule has 2 atom stereocenters. The van der Waals surface area contributed by atoms with E-state index < -0.39 is 0 Å². The van der Waals surface area contributed by atoms with Crippen molar-refractivity contribution < 1.29 is 0 Å². The van der Waals surface area contributed by atoms with Gasteiger partial charge in [0, 0.05) is 28.1 Å². The first-order valence-corrected chi connectivity index (χ1v) is 10.2. The fourth-order valence-corrected chi connectivity index (χ4v) is 4.25. The number of aryl methyl sites for hydroxylation is 1. The second kappa shape index (κ2) is 7.47. The van der Waals surface area contributed by atoms with Crippen LogP contribution < -0.4 is 0 Å². The first-order valence-electron chi connectivity index (χ1n) is 9.44. The largest absolute Gasteiger partial charge is 0.299 e. The van der Waals surface area contributed by atoms with Crippen molar-refractivity contribution in [1.29, 1.82) is 0 Å². The van der Waals surface area contributed by atoms with Crippen LogP contribution in [-0.2, 0) is 0 Å². The average Bonchev–Trinajstić information content (AvgIpc) is 2.96. The molecule has 0 saturated heterocycles. The van der Waals surface area contributed by atoms with Crippen LogP contribution in [0.3, 0.4) is 0 Å². The molecule has 4 nitrogen and oxygen atoms in total. The van der Waals surface area contributed by atoms with Crippen molar-refractivity contribution in [3.05, 3.63) is 88.2 Å². The number of fused-ring (bicyclic) bond motifs is 3. The molecule has 1 aliphatic heterocycles. The van der Waals surface area contributed by atoms with Crippen molar-refractivity contribution in [3.8, 4) is 5.69 Å². The Morgan fingerprint density at radius 2 is 2.07 bits per heavy atom. The van der Waals surface area contributed by atoms with E-state index >= 15 is 0 Å². The Balaban J connectivity index is 2.01. The van der Waals surface area contributed by atoms with Gasteiger partial charge in [-0.2, -0.15) is 0 Å². The maximum atomic E-state index is 5.24. The Morgan fingerprint density at radius 1 is 1.25 bits per heavy atom. The highest BCUT2D eigenvalue weighted by Gasteiger charge is 2.30. The number of aliphatic imine (C=N–C) groups is 1. The maximum absolute atomic E-state index is 5.24. The summed E-state index contributed by atoms with van der Waals surface area (Å²) in [5.41, 5.74) is 6.17. The van der Waals surface area contributed by atoms with Gasteiger partial charge >= 0.3 is 0 Å². The van der Waals surface area contributed by atoms with Gasteiger partial charge in [-0.05, 0) is 56.5 Å². The van der Waals surface area contributed by atoms with Gasteiger partial charge < -0.3 is 0 Å². The summed E-state index contributed by atoms with van der Waals surface area (Å²) < 4.78 is 3.25. The van der Waals surface area contributed by atoms with E-state index in [2.05, 4.69) is 71.0 Å². The Labute approximate surface area is 174 Å². The number of halogens is 1. The number of imidazole rings is 1. The fourth-order valence-electron chi connectivity index (χ4n) is 3.89. The topological polar surface area (TPSA) is 43.1 Å². The zero-order valence-corrected chi connectivity index (χ0v) is 17.9. The Bertz CT molecular complexity index is 1070. The predicted octanol–water partition coefficient (Wildman–Crippen LogP) is 5.83. The van der Waals surface area contributed by atoms with Gasteiger partial charge in [-0.1, -0.05) is 34.5 Å². The van der Waals surface area contributed by atoms with Crippen LogP contribution in [0.5, 0.6) is 0 Å². The minimum absolute atomic E-state index is 0.0754. The molecule has 3 aromatic rings. The number of benzene rings is 1. The van der Waals surface area contributed by atoms with E-state index in [1.165, 1.54) is 0 Å². The van der Waals surface area contributed by atoms with E-state index in [9.17, 15) is 0 Å². The van der Waals surface area contributed by atoms with Crippen molar-refractivity contribution in [1.82, 2.24) is 14.5 Å². The molecule has 0 spiro atoms. The molecule has 142 valence electrons. The van der Waals surface area contributed by atoms with Gasteiger partial charge in [0.15, 0.2) is 0 Å². The average molecular weight is 435 g/mol. The molecule has 3 heterocycles. The highest BCUT2D eigenvalue weighted by molar-refractivity contribution is 9.10. The van der Waals surface area contributed by atoms with Crippen LogP contribution in [-0.4, -0.2) is 20.2 Å². The first-order chi connectivity index (χ1) is 13.5. The summed E-state index contributed by atoms with van der Waals surface area (Å²) in [4.78, 5) is 14.6. The molecule has 2 aromatic heterocycles. The summed E-state index contributed by atoms with van der Waals surface area (Å²) in [5, 5.41) is 0. The van der Waals surface area contributed by atoms with E-state index in [-0.39, 0.29) is 12.0 Å². The SMILES string of the molecule is C=C(C)CC(C)[C@@H]1N=C(c2ccccn2)c2cc(Br)ccc2-n2c(C)cnc21. The molecular formula is C23H23BrN4. The van der Waals surface area contributed by atoms with Gasteiger partial charge in [0.25, 0.3) is 0 Å². The summed E-state index contributed by atoms with van der Waals surface area (Å²) in [6.45, 7) is 10.5. The summed E-state index contributed by atoms with van der Waals surface area (Å²) in [6.07, 6.45) is 4.65. The van der Waals surface area contributed by atoms with Crippen molar-refractivity contribution >= 4 is 21.6 Å². The second-order valence-electron chi connectivity index (χ2n) is 7.53. The van der Waals surface area contributed by atoms with E-state index in [0.717, 1.165) is 50.6 Å². The third kappa shape index (κ3) is 3.35. The minimum atomic E-state index is -0.0754. The molecule has 0 saturated carbocycles. The predicted molar refractivity (Wildman–Crippen MR) is 117 cm³/mol. The highest BCUT2D eigenvalue weighted by Crippen LogP contribution is 2.37. The second-order valence-corrected chi connectivity index (χ2v) is 8.45. The Kier molecular flexibility index (Phi) is 5.02. The van der Waals surface area contributed by atoms with E-state index in [0.29, 0.717) is 0 Å². The molecule has 0 radical (unpaired) electrons. The van der Waals surface area contributed by atoms with Crippen molar-refractivity contribution in [2.45, 2.75) is 33.2 Å². The van der Waals surface area contributed by atoms with Gasteiger partial charge in [0.1, 0.15) is 11.9 Å². The zero-order chi connectivity index (χ0) is 19.8. The van der Waals surface area contributed by atoms with Crippen LogP contribution in [0.1, 0.15) is 49.1 Å². The molecule has 1 unspecified atom stereocenters. The number of nitrogens with zero attached hydrogens (tertiary/aromatic N) is 4. The van der Waals surface area contributed by atoms with E-state index in [4.69, 9.17) is 9.98 Å². The molecule has 0 bridgehead atoms.